The molecule has 0 spiro atoms. The van der Waals surface area contributed by atoms with E-state index in [1.807, 2.05) is 60.7 Å². The quantitative estimate of drug-likeness (QED) is 0.766. The molecule has 0 aliphatic heterocycles. The van der Waals surface area contributed by atoms with E-state index in [0.717, 1.165) is 16.1 Å². The van der Waals surface area contributed by atoms with Gasteiger partial charge in [-0.2, -0.15) is 5.26 Å². The molecule has 2 aromatic carbocycles. The first kappa shape index (κ1) is 15.9. The molecule has 1 heterocycles. The average Bonchev–Trinajstić information content (AvgIpc) is 2.63. The first-order chi connectivity index (χ1) is 11.7. The van der Waals surface area contributed by atoms with Gasteiger partial charge in [0.2, 0.25) is 0 Å². The van der Waals surface area contributed by atoms with Gasteiger partial charge in [-0.25, -0.2) is 4.98 Å². The van der Waals surface area contributed by atoms with Crippen molar-refractivity contribution in [2.75, 3.05) is 5.32 Å². The predicted molar refractivity (Wildman–Crippen MR) is 95.2 cm³/mol. The molecular weight excluding hydrogens is 318 g/mol. The zero-order valence-corrected chi connectivity index (χ0v) is 13.7. The number of hydrogen-bond acceptors (Lipinski definition) is 4. The van der Waals surface area contributed by atoms with Crippen LogP contribution in [0.3, 0.4) is 0 Å². The van der Waals surface area contributed by atoms with Crippen molar-refractivity contribution in [1.82, 2.24) is 4.98 Å². The van der Waals surface area contributed by atoms with Crippen LogP contribution in [0.4, 0.5) is 11.5 Å². The summed E-state index contributed by atoms with van der Waals surface area (Å²) in [4.78, 5) is 5.01. The molecule has 0 aliphatic rings. The summed E-state index contributed by atoms with van der Waals surface area (Å²) in [6, 6.07) is 24.4. The molecule has 24 heavy (non-hydrogen) atoms. The maximum atomic E-state index is 12.4. The van der Waals surface area contributed by atoms with Crippen molar-refractivity contribution < 1.29 is 4.21 Å². The van der Waals surface area contributed by atoms with Gasteiger partial charge < -0.3 is 5.32 Å². The molecule has 5 heteroatoms. The maximum absolute atomic E-state index is 12.4. The lowest BCUT2D eigenvalue weighted by Crippen LogP contribution is -1.98. The molecule has 1 unspecified atom stereocenters. The third-order valence-electron chi connectivity index (χ3n) is 3.37. The fraction of sp³-hybridized carbons (Fsp3) is 0.0526. The van der Waals surface area contributed by atoms with Gasteiger partial charge in [-0.15, -0.1) is 0 Å². The van der Waals surface area contributed by atoms with E-state index in [1.54, 1.807) is 18.2 Å². The molecule has 4 nitrogen and oxygen atoms in total. The van der Waals surface area contributed by atoms with Crippen molar-refractivity contribution in [3.8, 4) is 6.07 Å². The summed E-state index contributed by atoms with van der Waals surface area (Å²) >= 11 is 0. The van der Waals surface area contributed by atoms with E-state index >= 15 is 0 Å². The van der Waals surface area contributed by atoms with Crippen molar-refractivity contribution in [1.29, 1.82) is 5.26 Å². The van der Waals surface area contributed by atoms with Gasteiger partial charge in [-0.1, -0.05) is 36.4 Å². The first-order valence-electron chi connectivity index (χ1n) is 7.41. The van der Waals surface area contributed by atoms with Gasteiger partial charge in [0.1, 0.15) is 17.6 Å². The van der Waals surface area contributed by atoms with Gasteiger partial charge in [0, 0.05) is 10.6 Å². The summed E-state index contributed by atoms with van der Waals surface area (Å²) in [5.74, 6) is 1.06. The summed E-state index contributed by atoms with van der Waals surface area (Å²) in [6.45, 7) is 0. The molecule has 1 aromatic heterocycles. The molecule has 1 N–H and O–H groups in total. The number of pyridine rings is 1. The third kappa shape index (κ3) is 4.06. The average molecular weight is 333 g/mol. The Morgan fingerprint density at radius 2 is 1.79 bits per heavy atom. The summed E-state index contributed by atoms with van der Waals surface area (Å²) in [5.41, 5.74) is 2.18. The zero-order valence-electron chi connectivity index (χ0n) is 12.8. The summed E-state index contributed by atoms with van der Waals surface area (Å²) in [5, 5.41) is 12.1. The van der Waals surface area contributed by atoms with E-state index in [2.05, 4.69) is 10.3 Å². The number of rotatable bonds is 5. The first-order valence-corrected chi connectivity index (χ1v) is 8.73. The minimum absolute atomic E-state index is 0.362. The Bertz CT molecular complexity index is 904. The smallest absolute Gasteiger partial charge is 0.142 e. The van der Waals surface area contributed by atoms with Gasteiger partial charge in [0.15, 0.2) is 0 Å². The summed E-state index contributed by atoms with van der Waals surface area (Å²) < 4.78 is 12.4. The second kappa shape index (κ2) is 7.53. The van der Waals surface area contributed by atoms with Crippen LogP contribution in [-0.2, 0) is 16.6 Å². The Morgan fingerprint density at radius 3 is 2.58 bits per heavy atom. The number of anilines is 2. The fourth-order valence-corrected chi connectivity index (χ4v) is 3.37. The van der Waals surface area contributed by atoms with E-state index in [0.29, 0.717) is 17.3 Å². The van der Waals surface area contributed by atoms with E-state index in [1.165, 1.54) is 0 Å². The topological polar surface area (TPSA) is 65.8 Å². The summed E-state index contributed by atoms with van der Waals surface area (Å²) in [7, 11) is -1.08. The number of nitrogens with one attached hydrogen (secondary N) is 1. The van der Waals surface area contributed by atoms with Crippen molar-refractivity contribution >= 4 is 22.3 Å². The molecule has 0 bridgehead atoms. The van der Waals surface area contributed by atoms with Crippen LogP contribution in [0.2, 0.25) is 0 Å². The molecule has 3 rings (SSSR count). The molecule has 0 aliphatic carbocycles. The highest BCUT2D eigenvalue weighted by Crippen LogP contribution is 2.19. The van der Waals surface area contributed by atoms with E-state index < -0.39 is 10.8 Å². The molecule has 118 valence electrons. The fourth-order valence-electron chi connectivity index (χ4n) is 2.26. The number of aromatic nitrogens is 1. The number of benzene rings is 2. The maximum Gasteiger partial charge on any atom is 0.142 e. The van der Waals surface area contributed by atoms with Gasteiger partial charge in [0.25, 0.3) is 0 Å². The minimum Gasteiger partial charge on any atom is -0.340 e. The SMILES string of the molecule is N#Cc1cccc(Nc2cccc(CS(=O)c3ccccc3)c2)n1. The van der Waals surface area contributed by atoms with Gasteiger partial charge in [-0.3, -0.25) is 4.21 Å². The van der Waals surface area contributed by atoms with E-state index in [4.69, 9.17) is 5.26 Å². The largest absolute Gasteiger partial charge is 0.340 e. The second-order valence-corrected chi connectivity index (χ2v) is 6.60. The van der Waals surface area contributed by atoms with Crippen LogP contribution in [0, 0.1) is 11.3 Å². The Balaban J connectivity index is 1.74. The van der Waals surface area contributed by atoms with Crippen molar-refractivity contribution in [2.24, 2.45) is 0 Å². The van der Waals surface area contributed by atoms with Crippen LogP contribution >= 0.6 is 0 Å². The van der Waals surface area contributed by atoms with Crippen LogP contribution in [0.25, 0.3) is 0 Å². The van der Waals surface area contributed by atoms with Crippen LogP contribution in [0.1, 0.15) is 11.3 Å². The van der Waals surface area contributed by atoms with Crippen molar-refractivity contribution in [3.63, 3.8) is 0 Å². The highest BCUT2D eigenvalue weighted by atomic mass is 32.2. The number of nitriles is 1. The number of hydrogen-bond donors (Lipinski definition) is 1. The Morgan fingerprint density at radius 1 is 1.00 bits per heavy atom. The van der Waals surface area contributed by atoms with Gasteiger partial charge >= 0.3 is 0 Å². The zero-order chi connectivity index (χ0) is 16.8. The molecular formula is C19H15N3OS. The predicted octanol–water partition coefficient (Wildman–Crippen LogP) is 4.00. The second-order valence-electron chi connectivity index (χ2n) is 5.15. The standard InChI is InChI=1S/C19H15N3OS/c20-13-17-8-5-11-19(22-17)21-16-7-4-6-15(12-16)14-24(23)18-9-2-1-3-10-18/h1-12H,14H2,(H,21,22). The highest BCUT2D eigenvalue weighted by molar-refractivity contribution is 7.84. The molecule has 0 amide bonds. The highest BCUT2D eigenvalue weighted by Gasteiger charge is 2.06. The molecule has 0 saturated carbocycles. The monoisotopic (exact) mass is 333 g/mol. The molecule has 0 radical (unpaired) electrons. The van der Waals surface area contributed by atoms with Crippen LogP contribution in [-0.4, -0.2) is 9.19 Å². The lowest BCUT2D eigenvalue weighted by Gasteiger charge is -2.08. The molecule has 3 aromatic rings. The van der Waals surface area contributed by atoms with E-state index in [9.17, 15) is 4.21 Å². The van der Waals surface area contributed by atoms with E-state index in [-0.39, 0.29) is 0 Å². The van der Waals surface area contributed by atoms with Crippen LogP contribution < -0.4 is 5.32 Å². The van der Waals surface area contributed by atoms with Crippen LogP contribution in [0.5, 0.6) is 0 Å². The van der Waals surface area contributed by atoms with Crippen LogP contribution in [0.15, 0.2) is 77.7 Å². The Labute approximate surface area is 143 Å². The lowest BCUT2D eigenvalue weighted by molar-refractivity contribution is 0.682. The third-order valence-corrected chi connectivity index (χ3v) is 4.76. The Kier molecular flexibility index (Phi) is 4.99. The summed E-state index contributed by atoms with van der Waals surface area (Å²) in [6.07, 6.45) is 0. The van der Waals surface area contributed by atoms with Gasteiger partial charge in [0.05, 0.1) is 16.6 Å². The molecule has 0 fully saturated rings. The minimum atomic E-state index is -1.08. The number of nitrogens with zero attached hydrogens (tertiary/aromatic N) is 2. The molecule has 1 atom stereocenters. The lowest BCUT2D eigenvalue weighted by atomic mass is 10.2. The van der Waals surface area contributed by atoms with Gasteiger partial charge in [-0.05, 0) is 42.0 Å². The molecule has 0 saturated heterocycles. The van der Waals surface area contributed by atoms with Crippen molar-refractivity contribution in [2.45, 2.75) is 10.6 Å². The Hall–Kier alpha value is -2.97. The normalized spacial score (nSPS) is 11.5. The van der Waals surface area contributed by atoms with Crippen molar-refractivity contribution in [3.05, 3.63) is 84.1 Å².